The molecule has 3 aromatic rings. The lowest BCUT2D eigenvalue weighted by molar-refractivity contribution is -0.139. The van der Waals surface area contributed by atoms with Gasteiger partial charge in [-0.15, -0.1) is 0 Å². The van der Waals surface area contributed by atoms with Gasteiger partial charge in [0.2, 0.25) is 0 Å². The van der Waals surface area contributed by atoms with Gasteiger partial charge in [-0.1, -0.05) is 46.3 Å². The summed E-state index contributed by atoms with van der Waals surface area (Å²) in [5.74, 6) is -2.00. The highest BCUT2D eigenvalue weighted by molar-refractivity contribution is 9.10. The summed E-state index contributed by atoms with van der Waals surface area (Å²) in [5.41, 5.74) is 1.92. The average Bonchev–Trinajstić information content (AvgIpc) is 3.04. The first-order valence-electron chi connectivity index (χ1n) is 9.64. The molecule has 1 aromatic heterocycles. The van der Waals surface area contributed by atoms with Gasteiger partial charge in [0.25, 0.3) is 11.7 Å². The van der Waals surface area contributed by atoms with E-state index in [0.29, 0.717) is 17.5 Å². The van der Waals surface area contributed by atoms with Crippen LogP contribution in [0.2, 0.25) is 0 Å². The molecular formula is C24H18BrFN2O3. The molecular weight excluding hydrogens is 463 g/mol. The molecule has 1 aliphatic heterocycles. The number of nitrogens with zero attached hydrogens (tertiary/aromatic N) is 2. The lowest BCUT2D eigenvalue weighted by atomic mass is 9.96. The molecule has 2 heterocycles. The Hall–Kier alpha value is -3.32. The highest BCUT2D eigenvalue weighted by Crippen LogP contribution is 2.39. The molecule has 31 heavy (non-hydrogen) atoms. The van der Waals surface area contributed by atoms with Crippen molar-refractivity contribution in [1.82, 2.24) is 9.88 Å². The van der Waals surface area contributed by atoms with E-state index in [9.17, 15) is 19.1 Å². The Bertz CT molecular complexity index is 1150. The number of benzene rings is 2. The molecule has 1 aliphatic rings. The van der Waals surface area contributed by atoms with E-state index < -0.39 is 17.7 Å². The standard InChI is InChI=1S/C24H18BrFN2O3/c25-18-7-5-16(6-8-18)22(29)20-21(17-2-1-12-27-14-17)28(24(31)23(20)30)13-11-15-3-9-19(26)10-4-15/h1-10,12,14,21,29H,11,13H2/b22-20-. The number of carbonyl (C=O) groups excluding carboxylic acids is 2. The summed E-state index contributed by atoms with van der Waals surface area (Å²) in [7, 11) is 0. The van der Waals surface area contributed by atoms with Gasteiger partial charge in [-0.2, -0.15) is 0 Å². The zero-order valence-electron chi connectivity index (χ0n) is 16.3. The Morgan fingerprint density at radius 3 is 2.42 bits per heavy atom. The molecule has 4 rings (SSSR count). The number of hydrogen-bond acceptors (Lipinski definition) is 4. The maximum Gasteiger partial charge on any atom is 0.295 e. The molecule has 1 unspecified atom stereocenters. The third-order valence-corrected chi connectivity index (χ3v) is 5.74. The molecule has 1 N–H and O–H groups in total. The summed E-state index contributed by atoms with van der Waals surface area (Å²) in [5, 5.41) is 11.0. The van der Waals surface area contributed by atoms with Crippen molar-refractivity contribution in [3.63, 3.8) is 0 Å². The number of rotatable bonds is 5. The number of halogens is 2. The molecule has 1 amide bonds. The van der Waals surface area contributed by atoms with Crippen molar-refractivity contribution in [2.45, 2.75) is 12.5 Å². The van der Waals surface area contributed by atoms with Crippen molar-refractivity contribution in [3.8, 4) is 0 Å². The highest BCUT2D eigenvalue weighted by atomic mass is 79.9. The molecule has 1 saturated heterocycles. The second-order valence-electron chi connectivity index (χ2n) is 7.16. The van der Waals surface area contributed by atoms with Crippen LogP contribution in [-0.4, -0.2) is 33.2 Å². The molecule has 2 aromatic carbocycles. The fourth-order valence-corrected chi connectivity index (χ4v) is 3.92. The fourth-order valence-electron chi connectivity index (χ4n) is 3.66. The zero-order chi connectivity index (χ0) is 22.0. The van der Waals surface area contributed by atoms with Crippen LogP contribution in [0, 0.1) is 5.82 Å². The number of pyridine rings is 1. The van der Waals surface area contributed by atoms with E-state index in [1.165, 1.54) is 17.0 Å². The van der Waals surface area contributed by atoms with E-state index in [-0.39, 0.29) is 23.7 Å². The lowest BCUT2D eigenvalue weighted by Crippen LogP contribution is -2.31. The van der Waals surface area contributed by atoms with E-state index in [1.807, 2.05) is 0 Å². The Balaban J connectivity index is 1.74. The minimum absolute atomic E-state index is 0.0272. The minimum atomic E-state index is -0.766. The quantitative estimate of drug-likeness (QED) is 0.327. The summed E-state index contributed by atoms with van der Waals surface area (Å²) < 4.78 is 14.0. The van der Waals surface area contributed by atoms with Gasteiger partial charge in [0, 0.05) is 29.0 Å². The molecule has 0 spiro atoms. The summed E-state index contributed by atoms with van der Waals surface area (Å²) in [4.78, 5) is 31.4. The average molecular weight is 481 g/mol. The Morgan fingerprint density at radius 2 is 1.77 bits per heavy atom. The van der Waals surface area contributed by atoms with Crippen molar-refractivity contribution < 1.29 is 19.1 Å². The van der Waals surface area contributed by atoms with E-state index >= 15 is 0 Å². The molecule has 156 valence electrons. The molecule has 0 bridgehead atoms. The van der Waals surface area contributed by atoms with E-state index in [0.717, 1.165) is 10.0 Å². The van der Waals surface area contributed by atoms with Crippen molar-refractivity contribution in [2.75, 3.05) is 6.54 Å². The summed E-state index contributed by atoms with van der Waals surface area (Å²) in [6.45, 7) is 0.229. The number of carbonyl (C=O) groups is 2. The zero-order valence-corrected chi connectivity index (χ0v) is 17.9. The number of amides is 1. The molecule has 7 heteroatoms. The van der Waals surface area contributed by atoms with Gasteiger partial charge in [0.1, 0.15) is 11.6 Å². The third kappa shape index (κ3) is 4.27. The van der Waals surface area contributed by atoms with Crippen molar-refractivity contribution in [2.24, 2.45) is 0 Å². The normalized spacial score (nSPS) is 17.9. The van der Waals surface area contributed by atoms with Crippen LogP contribution in [0.3, 0.4) is 0 Å². The molecule has 0 radical (unpaired) electrons. The first kappa shape index (κ1) is 20.9. The van der Waals surface area contributed by atoms with Crippen LogP contribution >= 0.6 is 15.9 Å². The number of aliphatic hydroxyl groups is 1. The Kier molecular flexibility index (Phi) is 5.95. The molecule has 0 aliphatic carbocycles. The second kappa shape index (κ2) is 8.81. The summed E-state index contributed by atoms with van der Waals surface area (Å²) >= 11 is 3.35. The topological polar surface area (TPSA) is 70.5 Å². The van der Waals surface area contributed by atoms with Crippen molar-refractivity contribution in [1.29, 1.82) is 0 Å². The lowest BCUT2D eigenvalue weighted by Gasteiger charge is -2.25. The number of aliphatic hydroxyl groups excluding tert-OH is 1. The maximum absolute atomic E-state index is 13.2. The molecule has 1 atom stereocenters. The predicted molar refractivity (Wildman–Crippen MR) is 117 cm³/mol. The summed E-state index contributed by atoms with van der Waals surface area (Å²) in [6, 6.07) is 15.6. The highest BCUT2D eigenvalue weighted by Gasteiger charge is 2.45. The maximum atomic E-state index is 13.2. The molecule has 1 fully saturated rings. The van der Waals surface area contributed by atoms with Gasteiger partial charge >= 0.3 is 0 Å². The second-order valence-corrected chi connectivity index (χ2v) is 8.08. The first-order valence-corrected chi connectivity index (χ1v) is 10.4. The van der Waals surface area contributed by atoms with Gasteiger partial charge in [0.05, 0.1) is 11.6 Å². The first-order chi connectivity index (χ1) is 15.0. The monoisotopic (exact) mass is 480 g/mol. The number of aromatic nitrogens is 1. The third-order valence-electron chi connectivity index (χ3n) is 5.21. The Labute approximate surface area is 187 Å². The van der Waals surface area contributed by atoms with Crippen LogP contribution in [-0.2, 0) is 16.0 Å². The largest absolute Gasteiger partial charge is 0.507 e. The van der Waals surface area contributed by atoms with Gasteiger partial charge in [-0.05, 0) is 47.9 Å². The smallest absolute Gasteiger partial charge is 0.295 e. The number of Topliss-reactive ketones (excluding diaryl/α,β-unsaturated/α-hetero) is 1. The van der Waals surface area contributed by atoms with Crippen LogP contribution in [0.15, 0.2) is 83.1 Å². The van der Waals surface area contributed by atoms with E-state index in [1.54, 1.807) is 60.9 Å². The van der Waals surface area contributed by atoms with Crippen LogP contribution in [0.1, 0.15) is 22.7 Å². The van der Waals surface area contributed by atoms with Gasteiger partial charge in [-0.25, -0.2) is 4.39 Å². The van der Waals surface area contributed by atoms with Crippen LogP contribution in [0.25, 0.3) is 5.76 Å². The van der Waals surface area contributed by atoms with Crippen molar-refractivity contribution in [3.05, 3.63) is 106 Å². The van der Waals surface area contributed by atoms with Crippen LogP contribution in [0.4, 0.5) is 4.39 Å². The minimum Gasteiger partial charge on any atom is -0.507 e. The molecule has 5 nitrogen and oxygen atoms in total. The number of hydrogen-bond donors (Lipinski definition) is 1. The van der Waals surface area contributed by atoms with E-state index in [4.69, 9.17) is 0 Å². The SMILES string of the molecule is O=C1C(=O)N(CCc2ccc(F)cc2)C(c2cccnc2)/C1=C(/O)c1ccc(Br)cc1. The number of ketones is 1. The van der Waals surface area contributed by atoms with Gasteiger partial charge in [-0.3, -0.25) is 14.6 Å². The van der Waals surface area contributed by atoms with Crippen molar-refractivity contribution >= 4 is 33.4 Å². The summed E-state index contributed by atoms with van der Waals surface area (Å²) in [6.07, 6.45) is 3.61. The Morgan fingerprint density at radius 1 is 1.06 bits per heavy atom. The van der Waals surface area contributed by atoms with Crippen LogP contribution in [0.5, 0.6) is 0 Å². The predicted octanol–water partition coefficient (Wildman–Crippen LogP) is 4.65. The fraction of sp³-hybridized carbons (Fsp3) is 0.125. The van der Waals surface area contributed by atoms with Gasteiger partial charge < -0.3 is 10.0 Å². The number of likely N-dealkylation sites (tertiary alicyclic amines) is 1. The van der Waals surface area contributed by atoms with Crippen LogP contribution < -0.4 is 0 Å². The van der Waals surface area contributed by atoms with E-state index in [2.05, 4.69) is 20.9 Å². The molecule has 0 saturated carbocycles. The van der Waals surface area contributed by atoms with Gasteiger partial charge in [0.15, 0.2) is 0 Å².